The molecule has 0 saturated carbocycles. The predicted octanol–water partition coefficient (Wildman–Crippen LogP) is 1.07. The molecule has 0 bridgehead atoms. The van der Waals surface area contributed by atoms with Crippen molar-refractivity contribution in [3.8, 4) is 6.07 Å². The van der Waals surface area contributed by atoms with E-state index in [-0.39, 0.29) is 11.9 Å². The molecule has 2 rings (SSSR count). The zero-order valence-electron chi connectivity index (χ0n) is 14.5. The zero-order chi connectivity index (χ0) is 18.1. The van der Waals surface area contributed by atoms with E-state index in [4.69, 9.17) is 10.00 Å². The fourth-order valence-corrected chi connectivity index (χ4v) is 2.67. The molecule has 0 aromatic heterocycles. The van der Waals surface area contributed by atoms with Crippen LogP contribution in [0.1, 0.15) is 18.9 Å². The number of hydrogen-bond donors (Lipinski definition) is 1. The molecule has 7 nitrogen and oxygen atoms in total. The second-order valence-electron chi connectivity index (χ2n) is 5.91. The van der Waals surface area contributed by atoms with Crippen molar-refractivity contribution in [3.63, 3.8) is 0 Å². The summed E-state index contributed by atoms with van der Waals surface area (Å²) in [6, 6.07) is 8.86. The van der Waals surface area contributed by atoms with Gasteiger partial charge in [0.05, 0.1) is 24.8 Å². The van der Waals surface area contributed by atoms with E-state index in [1.54, 1.807) is 31.2 Å². The van der Waals surface area contributed by atoms with Crippen LogP contribution in [0.25, 0.3) is 0 Å². The van der Waals surface area contributed by atoms with Gasteiger partial charge < -0.3 is 15.0 Å². The number of nitrogens with one attached hydrogen (secondary N) is 1. The average molecular weight is 344 g/mol. The van der Waals surface area contributed by atoms with Crippen LogP contribution in [0, 0.1) is 11.3 Å². The Morgan fingerprint density at radius 2 is 1.80 bits per heavy atom. The summed E-state index contributed by atoms with van der Waals surface area (Å²) in [6.07, 6.45) is 0.415. The first-order valence-electron chi connectivity index (χ1n) is 8.51. The maximum atomic E-state index is 12.0. The third kappa shape index (κ3) is 6.53. The number of benzene rings is 1. The lowest BCUT2D eigenvalue weighted by molar-refractivity contribution is -0.144. The number of carbonyl (C=O) groups is 2. The van der Waals surface area contributed by atoms with Crippen LogP contribution in [0.4, 0.5) is 5.69 Å². The monoisotopic (exact) mass is 344 g/mol. The highest BCUT2D eigenvalue weighted by atomic mass is 16.5. The van der Waals surface area contributed by atoms with E-state index >= 15 is 0 Å². The van der Waals surface area contributed by atoms with Crippen LogP contribution in [0.2, 0.25) is 0 Å². The number of hydrogen-bond acceptors (Lipinski definition) is 6. The summed E-state index contributed by atoms with van der Waals surface area (Å²) in [5.74, 6) is -0.226. The van der Waals surface area contributed by atoms with Gasteiger partial charge in [0.1, 0.15) is 0 Å². The molecule has 25 heavy (non-hydrogen) atoms. The first kappa shape index (κ1) is 18.9. The summed E-state index contributed by atoms with van der Waals surface area (Å²) >= 11 is 0. The highest BCUT2D eigenvalue weighted by Gasteiger charge is 2.19. The largest absolute Gasteiger partial charge is 0.465 e. The SMILES string of the molecule is CCOC(=O)CN1CCN(CCC(=O)Nc2ccc(C#N)cc2)CC1. The number of piperazine rings is 1. The number of nitrogens with zero attached hydrogens (tertiary/aromatic N) is 3. The number of nitriles is 1. The van der Waals surface area contributed by atoms with Crippen LogP contribution in [0.5, 0.6) is 0 Å². The van der Waals surface area contributed by atoms with Crippen molar-refractivity contribution in [1.29, 1.82) is 5.26 Å². The Morgan fingerprint density at radius 3 is 2.40 bits per heavy atom. The van der Waals surface area contributed by atoms with Gasteiger partial charge in [-0.3, -0.25) is 14.5 Å². The van der Waals surface area contributed by atoms with Crippen LogP contribution in [0.3, 0.4) is 0 Å². The minimum atomic E-state index is -0.183. The summed E-state index contributed by atoms with van der Waals surface area (Å²) in [4.78, 5) is 27.8. The molecule has 1 amide bonds. The maximum Gasteiger partial charge on any atom is 0.320 e. The lowest BCUT2D eigenvalue weighted by atomic mass is 10.2. The molecule has 1 saturated heterocycles. The smallest absolute Gasteiger partial charge is 0.320 e. The zero-order valence-corrected chi connectivity index (χ0v) is 14.5. The molecule has 0 spiro atoms. The summed E-state index contributed by atoms with van der Waals surface area (Å²) < 4.78 is 4.96. The Bertz CT molecular complexity index is 616. The van der Waals surface area contributed by atoms with E-state index in [0.717, 1.165) is 26.2 Å². The van der Waals surface area contributed by atoms with E-state index in [0.29, 0.717) is 37.4 Å². The van der Waals surface area contributed by atoms with Crippen LogP contribution < -0.4 is 5.32 Å². The predicted molar refractivity (Wildman–Crippen MR) is 93.9 cm³/mol. The highest BCUT2D eigenvalue weighted by Crippen LogP contribution is 2.09. The number of esters is 1. The summed E-state index contributed by atoms with van der Waals surface area (Å²) in [5, 5.41) is 11.6. The molecule has 1 aromatic carbocycles. The van der Waals surface area contributed by atoms with E-state index < -0.39 is 0 Å². The van der Waals surface area contributed by atoms with Gasteiger partial charge in [0.2, 0.25) is 5.91 Å². The molecular formula is C18H24N4O3. The number of ether oxygens (including phenoxy) is 1. The van der Waals surface area contributed by atoms with Crippen LogP contribution in [-0.4, -0.2) is 67.6 Å². The molecule has 134 valence electrons. The van der Waals surface area contributed by atoms with Gasteiger partial charge in [-0.15, -0.1) is 0 Å². The lowest BCUT2D eigenvalue weighted by Gasteiger charge is -2.33. The van der Waals surface area contributed by atoms with Gasteiger partial charge in [0.25, 0.3) is 0 Å². The van der Waals surface area contributed by atoms with Gasteiger partial charge >= 0.3 is 5.97 Å². The van der Waals surface area contributed by atoms with Crippen molar-refractivity contribution in [3.05, 3.63) is 29.8 Å². The first-order chi connectivity index (χ1) is 12.1. The van der Waals surface area contributed by atoms with Crippen molar-refractivity contribution in [2.24, 2.45) is 0 Å². The van der Waals surface area contributed by atoms with Crippen molar-refractivity contribution in [2.75, 3.05) is 51.2 Å². The molecule has 0 atom stereocenters. The van der Waals surface area contributed by atoms with E-state index in [1.807, 2.05) is 6.07 Å². The van der Waals surface area contributed by atoms with E-state index in [1.165, 1.54) is 0 Å². The van der Waals surface area contributed by atoms with Gasteiger partial charge in [0, 0.05) is 44.8 Å². The van der Waals surface area contributed by atoms with Crippen molar-refractivity contribution in [1.82, 2.24) is 9.80 Å². The minimum absolute atomic E-state index is 0.0429. The summed E-state index contributed by atoms with van der Waals surface area (Å²) in [7, 11) is 0. The molecule has 1 aliphatic heterocycles. The minimum Gasteiger partial charge on any atom is -0.465 e. The Morgan fingerprint density at radius 1 is 1.16 bits per heavy atom. The van der Waals surface area contributed by atoms with Gasteiger partial charge in [-0.25, -0.2) is 0 Å². The number of amides is 1. The third-order valence-electron chi connectivity index (χ3n) is 4.08. The van der Waals surface area contributed by atoms with E-state index in [2.05, 4.69) is 15.1 Å². The average Bonchev–Trinajstić information content (AvgIpc) is 2.62. The molecule has 0 unspecified atom stereocenters. The molecule has 0 radical (unpaired) electrons. The number of carbonyl (C=O) groups excluding carboxylic acids is 2. The van der Waals surface area contributed by atoms with Crippen LogP contribution in [0.15, 0.2) is 24.3 Å². The summed E-state index contributed by atoms with van der Waals surface area (Å²) in [6.45, 7) is 6.52. The van der Waals surface area contributed by atoms with Gasteiger partial charge in [-0.2, -0.15) is 5.26 Å². The fourth-order valence-electron chi connectivity index (χ4n) is 2.67. The number of anilines is 1. The normalized spacial score (nSPS) is 15.4. The number of rotatable bonds is 7. The van der Waals surface area contributed by atoms with Crippen LogP contribution in [-0.2, 0) is 14.3 Å². The van der Waals surface area contributed by atoms with Crippen LogP contribution >= 0.6 is 0 Å². The van der Waals surface area contributed by atoms with Crippen molar-refractivity contribution in [2.45, 2.75) is 13.3 Å². The van der Waals surface area contributed by atoms with Gasteiger partial charge in [-0.05, 0) is 31.2 Å². The first-order valence-corrected chi connectivity index (χ1v) is 8.51. The van der Waals surface area contributed by atoms with Crippen molar-refractivity contribution < 1.29 is 14.3 Å². The molecule has 1 aromatic rings. The Balaban J connectivity index is 1.65. The Kier molecular flexibility index (Phi) is 7.38. The molecule has 1 aliphatic rings. The second-order valence-corrected chi connectivity index (χ2v) is 5.91. The molecule has 1 N–H and O–H groups in total. The standard InChI is InChI=1S/C18H24N4O3/c1-2-25-18(24)14-22-11-9-21(10-12-22)8-7-17(23)20-16-5-3-15(13-19)4-6-16/h3-6H,2,7-12,14H2,1H3,(H,20,23). The van der Waals surface area contributed by atoms with Gasteiger partial charge in [0.15, 0.2) is 0 Å². The quantitative estimate of drug-likeness (QED) is 0.745. The van der Waals surface area contributed by atoms with E-state index in [9.17, 15) is 9.59 Å². The third-order valence-corrected chi connectivity index (χ3v) is 4.08. The molecule has 1 fully saturated rings. The van der Waals surface area contributed by atoms with Gasteiger partial charge in [-0.1, -0.05) is 0 Å². The Labute approximate surface area is 148 Å². The fraction of sp³-hybridized carbons (Fsp3) is 0.500. The molecule has 7 heteroatoms. The molecule has 0 aliphatic carbocycles. The maximum absolute atomic E-state index is 12.0. The Hall–Kier alpha value is -2.43. The molecule has 1 heterocycles. The second kappa shape index (κ2) is 9.77. The topological polar surface area (TPSA) is 85.7 Å². The lowest BCUT2D eigenvalue weighted by Crippen LogP contribution is -2.48. The highest BCUT2D eigenvalue weighted by molar-refractivity contribution is 5.90. The van der Waals surface area contributed by atoms with Crippen molar-refractivity contribution >= 4 is 17.6 Å². The molecular weight excluding hydrogens is 320 g/mol. The summed E-state index contributed by atoms with van der Waals surface area (Å²) in [5.41, 5.74) is 1.27.